The number of phenols is 1. The van der Waals surface area contributed by atoms with E-state index in [0.717, 1.165) is 19.3 Å². The molecule has 0 aliphatic heterocycles. The van der Waals surface area contributed by atoms with Crippen LogP contribution in [0.2, 0.25) is 0 Å². The second-order valence-electron chi connectivity index (χ2n) is 4.80. The number of para-hydroxylation sites is 1. The predicted molar refractivity (Wildman–Crippen MR) is 65.6 cm³/mol. The average molecular weight is 234 g/mol. The lowest BCUT2D eigenvalue weighted by molar-refractivity contribution is -0.120. The molecule has 4 N–H and O–H groups in total. The van der Waals surface area contributed by atoms with Gasteiger partial charge < -0.3 is 16.2 Å². The number of benzene rings is 1. The van der Waals surface area contributed by atoms with E-state index in [0.29, 0.717) is 12.1 Å². The lowest BCUT2D eigenvalue weighted by Crippen LogP contribution is -2.55. The SMILES string of the molecule is NC1(CNC(=O)Cc2ccccc2O)CCC1. The molecule has 1 aliphatic carbocycles. The minimum absolute atomic E-state index is 0.0942. The molecule has 0 unspecified atom stereocenters. The fourth-order valence-electron chi connectivity index (χ4n) is 1.98. The van der Waals surface area contributed by atoms with Gasteiger partial charge in [0.25, 0.3) is 0 Å². The van der Waals surface area contributed by atoms with Crippen molar-refractivity contribution >= 4 is 5.91 Å². The van der Waals surface area contributed by atoms with Gasteiger partial charge in [0.15, 0.2) is 0 Å². The van der Waals surface area contributed by atoms with Crippen molar-refractivity contribution in [2.24, 2.45) is 5.73 Å². The number of amides is 1. The highest BCUT2D eigenvalue weighted by Gasteiger charge is 2.32. The molecule has 1 aromatic rings. The Bertz CT molecular complexity index is 414. The van der Waals surface area contributed by atoms with E-state index in [9.17, 15) is 9.90 Å². The summed E-state index contributed by atoms with van der Waals surface area (Å²) in [7, 11) is 0. The largest absolute Gasteiger partial charge is 0.508 e. The van der Waals surface area contributed by atoms with E-state index in [4.69, 9.17) is 5.73 Å². The molecule has 17 heavy (non-hydrogen) atoms. The van der Waals surface area contributed by atoms with Crippen LogP contribution in [0.5, 0.6) is 5.75 Å². The summed E-state index contributed by atoms with van der Waals surface area (Å²) in [6, 6.07) is 6.87. The van der Waals surface area contributed by atoms with Gasteiger partial charge in [-0.25, -0.2) is 0 Å². The van der Waals surface area contributed by atoms with Crippen molar-refractivity contribution in [3.05, 3.63) is 29.8 Å². The summed E-state index contributed by atoms with van der Waals surface area (Å²) in [6.07, 6.45) is 3.29. The molecule has 2 rings (SSSR count). The first-order chi connectivity index (χ1) is 8.09. The van der Waals surface area contributed by atoms with E-state index in [1.807, 2.05) is 0 Å². The molecule has 4 nitrogen and oxygen atoms in total. The number of hydrogen-bond donors (Lipinski definition) is 3. The van der Waals surface area contributed by atoms with Crippen LogP contribution in [-0.4, -0.2) is 23.1 Å². The van der Waals surface area contributed by atoms with Gasteiger partial charge in [-0.15, -0.1) is 0 Å². The fourth-order valence-corrected chi connectivity index (χ4v) is 1.98. The Morgan fingerprint density at radius 1 is 1.41 bits per heavy atom. The third kappa shape index (κ3) is 2.97. The Hall–Kier alpha value is -1.55. The van der Waals surface area contributed by atoms with E-state index in [2.05, 4.69) is 5.32 Å². The van der Waals surface area contributed by atoms with Crippen molar-refractivity contribution in [3.63, 3.8) is 0 Å². The van der Waals surface area contributed by atoms with Crippen LogP contribution in [0.15, 0.2) is 24.3 Å². The summed E-state index contributed by atoms with van der Waals surface area (Å²) in [5, 5.41) is 12.4. The van der Waals surface area contributed by atoms with Crippen LogP contribution in [0.1, 0.15) is 24.8 Å². The highest BCUT2D eigenvalue weighted by Crippen LogP contribution is 2.28. The molecule has 4 heteroatoms. The Morgan fingerprint density at radius 2 is 2.12 bits per heavy atom. The summed E-state index contributed by atoms with van der Waals surface area (Å²) in [4.78, 5) is 11.7. The van der Waals surface area contributed by atoms with Gasteiger partial charge in [-0.3, -0.25) is 4.79 Å². The Morgan fingerprint density at radius 3 is 2.71 bits per heavy atom. The Labute approximate surface area is 101 Å². The van der Waals surface area contributed by atoms with E-state index in [-0.39, 0.29) is 23.6 Å². The zero-order valence-corrected chi connectivity index (χ0v) is 9.78. The normalized spacial score (nSPS) is 17.2. The van der Waals surface area contributed by atoms with Gasteiger partial charge in [-0.2, -0.15) is 0 Å². The van der Waals surface area contributed by atoms with Crippen molar-refractivity contribution in [3.8, 4) is 5.75 Å². The molecule has 0 aromatic heterocycles. The predicted octanol–water partition coefficient (Wildman–Crippen LogP) is 0.932. The average Bonchev–Trinajstić information content (AvgIpc) is 2.27. The molecule has 0 saturated heterocycles. The number of phenolic OH excluding ortho intramolecular Hbond substituents is 1. The molecule has 92 valence electrons. The van der Waals surface area contributed by atoms with Crippen molar-refractivity contribution in [1.29, 1.82) is 0 Å². The fraction of sp³-hybridized carbons (Fsp3) is 0.462. The Balaban J connectivity index is 1.83. The summed E-state index contributed by atoms with van der Waals surface area (Å²) in [6.45, 7) is 0.527. The summed E-state index contributed by atoms with van der Waals surface area (Å²) >= 11 is 0. The van der Waals surface area contributed by atoms with E-state index in [1.54, 1.807) is 24.3 Å². The lowest BCUT2D eigenvalue weighted by Gasteiger charge is -2.38. The molecule has 1 amide bonds. The number of aromatic hydroxyl groups is 1. The van der Waals surface area contributed by atoms with Crippen LogP contribution in [-0.2, 0) is 11.2 Å². The van der Waals surface area contributed by atoms with Crippen LogP contribution in [0.4, 0.5) is 0 Å². The molecule has 0 heterocycles. The van der Waals surface area contributed by atoms with Gasteiger partial charge in [-0.05, 0) is 25.3 Å². The van der Waals surface area contributed by atoms with Crippen LogP contribution >= 0.6 is 0 Å². The molecule has 0 atom stereocenters. The monoisotopic (exact) mass is 234 g/mol. The highest BCUT2D eigenvalue weighted by atomic mass is 16.3. The van der Waals surface area contributed by atoms with Gasteiger partial charge in [0, 0.05) is 17.6 Å². The number of rotatable bonds is 4. The molecule has 1 aromatic carbocycles. The third-order valence-electron chi connectivity index (χ3n) is 3.33. The van der Waals surface area contributed by atoms with Crippen molar-refractivity contribution in [2.75, 3.05) is 6.54 Å². The number of hydrogen-bond acceptors (Lipinski definition) is 3. The van der Waals surface area contributed by atoms with Crippen molar-refractivity contribution in [1.82, 2.24) is 5.32 Å². The molecular weight excluding hydrogens is 216 g/mol. The third-order valence-corrected chi connectivity index (χ3v) is 3.33. The highest BCUT2D eigenvalue weighted by molar-refractivity contribution is 5.79. The minimum atomic E-state index is -0.200. The molecule has 1 saturated carbocycles. The summed E-state index contributed by atoms with van der Waals surface area (Å²) in [5.74, 6) is 0.0666. The van der Waals surface area contributed by atoms with Crippen molar-refractivity contribution in [2.45, 2.75) is 31.2 Å². The first-order valence-electron chi connectivity index (χ1n) is 5.92. The van der Waals surface area contributed by atoms with Crippen LogP contribution in [0.3, 0.4) is 0 Å². The van der Waals surface area contributed by atoms with Gasteiger partial charge >= 0.3 is 0 Å². The molecular formula is C13H18N2O2. The quantitative estimate of drug-likeness (QED) is 0.725. The Kier molecular flexibility index (Phi) is 3.33. The second-order valence-corrected chi connectivity index (χ2v) is 4.80. The van der Waals surface area contributed by atoms with Gasteiger partial charge in [-0.1, -0.05) is 18.2 Å². The summed E-state index contributed by atoms with van der Waals surface area (Å²) in [5.41, 5.74) is 6.45. The maximum atomic E-state index is 11.7. The minimum Gasteiger partial charge on any atom is -0.508 e. The van der Waals surface area contributed by atoms with E-state index in [1.165, 1.54) is 0 Å². The van der Waals surface area contributed by atoms with Gasteiger partial charge in [0.1, 0.15) is 5.75 Å². The maximum Gasteiger partial charge on any atom is 0.224 e. The van der Waals surface area contributed by atoms with E-state index < -0.39 is 0 Å². The smallest absolute Gasteiger partial charge is 0.224 e. The lowest BCUT2D eigenvalue weighted by atomic mass is 9.78. The zero-order valence-electron chi connectivity index (χ0n) is 9.78. The number of carbonyl (C=O) groups excluding carboxylic acids is 1. The van der Waals surface area contributed by atoms with Crippen LogP contribution in [0.25, 0.3) is 0 Å². The van der Waals surface area contributed by atoms with Crippen LogP contribution < -0.4 is 11.1 Å². The zero-order chi connectivity index (χ0) is 12.3. The summed E-state index contributed by atoms with van der Waals surface area (Å²) < 4.78 is 0. The topological polar surface area (TPSA) is 75.3 Å². The van der Waals surface area contributed by atoms with Gasteiger partial charge in [0.2, 0.25) is 5.91 Å². The standard InChI is InChI=1S/C13H18N2O2/c14-13(6-3-7-13)9-15-12(17)8-10-4-1-2-5-11(10)16/h1-2,4-5,16H,3,6-9,14H2,(H,15,17). The molecule has 0 spiro atoms. The van der Waals surface area contributed by atoms with E-state index >= 15 is 0 Å². The first-order valence-corrected chi connectivity index (χ1v) is 5.92. The molecule has 0 bridgehead atoms. The van der Waals surface area contributed by atoms with Gasteiger partial charge in [0.05, 0.1) is 6.42 Å². The van der Waals surface area contributed by atoms with Crippen LogP contribution in [0, 0.1) is 0 Å². The first kappa shape index (κ1) is 11.9. The number of nitrogens with one attached hydrogen (secondary N) is 1. The number of carbonyl (C=O) groups is 1. The molecule has 1 fully saturated rings. The molecule has 0 radical (unpaired) electrons. The number of nitrogens with two attached hydrogens (primary N) is 1. The molecule has 1 aliphatic rings. The van der Waals surface area contributed by atoms with Crippen molar-refractivity contribution < 1.29 is 9.90 Å². The maximum absolute atomic E-state index is 11.7. The second kappa shape index (κ2) is 4.75.